The second-order valence-corrected chi connectivity index (χ2v) is 8.78. The number of anilines is 1. The number of rotatable bonds is 7. The number of aromatic nitrogens is 3. The third-order valence-corrected chi connectivity index (χ3v) is 5.29. The number of hydrogen-bond donors (Lipinski definition) is 1. The van der Waals surface area contributed by atoms with Gasteiger partial charge in [-0.05, 0) is 61.4 Å². The van der Waals surface area contributed by atoms with E-state index in [2.05, 4.69) is 15.4 Å². The van der Waals surface area contributed by atoms with Crippen LogP contribution in [0.25, 0.3) is 17.1 Å². The second-order valence-electron chi connectivity index (χ2n) is 8.78. The van der Waals surface area contributed by atoms with Crippen LogP contribution in [0.5, 0.6) is 6.01 Å². The number of nitrogens with one attached hydrogen (secondary N) is 1. The Bertz CT molecular complexity index is 1330. The van der Waals surface area contributed by atoms with Gasteiger partial charge in [0.15, 0.2) is 5.82 Å². The Hall–Kier alpha value is -4.14. The molecule has 0 radical (unpaired) electrons. The van der Waals surface area contributed by atoms with E-state index >= 15 is 0 Å². The van der Waals surface area contributed by atoms with Crippen molar-refractivity contribution in [3.05, 3.63) is 89.5 Å². The van der Waals surface area contributed by atoms with Gasteiger partial charge < -0.3 is 10.1 Å². The summed E-state index contributed by atoms with van der Waals surface area (Å²) in [5, 5.41) is 7.27. The highest BCUT2D eigenvalue weighted by Gasteiger charge is 2.30. The van der Waals surface area contributed by atoms with Gasteiger partial charge in [-0.15, -0.1) is 5.10 Å². The van der Waals surface area contributed by atoms with Crippen molar-refractivity contribution in [2.24, 2.45) is 5.92 Å². The summed E-state index contributed by atoms with van der Waals surface area (Å²) in [5.41, 5.74) is 2.48. The molecule has 0 bridgehead atoms. The summed E-state index contributed by atoms with van der Waals surface area (Å²) >= 11 is 0. The standard InChI is InChI=1S/C27H25F3N4O2/c1-17(2)16-36-26-32-24(19-8-10-21(11-9-19)27(28,29)30)34(33-26)23-14-12-22(13-15-23)31-25(35)20-6-4-18(3)5-7-20/h4-15,17H,16H2,1-3H3,(H,31,35). The molecule has 186 valence electrons. The van der Waals surface area contributed by atoms with Crippen LogP contribution >= 0.6 is 0 Å². The monoisotopic (exact) mass is 494 g/mol. The Morgan fingerprint density at radius 1 is 0.972 bits per heavy atom. The SMILES string of the molecule is Cc1ccc(C(=O)Nc2ccc(-n3nc(OCC(C)C)nc3-c3ccc(C(F)(F)F)cc3)cc2)cc1. The molecule has 4 rings (SSSR count). The maximum atomic E-state index is 13.0. The first-order valence-corrected chi connectivity index (χ1v) is 11.4. The molecule has 1 amide bonds. The van der Waals surface area contributed by atoms with E-state index in [9.17, 15) is 18.0 Å². The Morgan fingerprint density at radius 2 is 1.61 bits per heavy atom. The zero-order valence-corrected chi connectivity index (χ0v) is 20.0. The van der Waals surface area contributed by atoms with Gasteiger partial charge in [0.1, 0.15) is 0 Å². The summed E-state index contributed by atoms with van der Waals surface area (Å²) in [6.07, 6.45) is -4.43. The molecule has 1 heterocycles. The maximum Gasteiger partial charge on any atom is 0.416 e. The molecular weight excluding hydrogens is 469 g/mol. The normalized spacial score (nSPS) is 11.5. The number of alkyl halides is 3. The predicted molar refractivity (Wildman–Crippen MR) is 131 cm³/mol. The molecule has 0 aliphatic rings. The number of carbonyl (C=O) groups excluding carboxylic acids is 1. The predicted octanol–water partition coefficient (Wildman–Crippen LogP) is 6.55. The topological polar surface area (TPSA) is 69.0 Å². The first-order valence-electron chi connectivity index (χ1n) is 11.4. The average molecular weight is 495 g/mol. The third kappa shape index (κ3) is 5.91. The van der Waals surface area contributed by atoms with Gasteiger partial charge in [0.25, 0.3) is 5.91 Å². The molecule has 6 nitrogen and oxygen atoms in total. The lowest BCUT2D eigenvalue weighted by atomic mass is 10.1. The fraction of sp³-hybridized carbons (Fsp3) is 0.222. The molecular formula is C27H25F3N4O2. The minimum atomic E-state index is -4.43. The van der Waals surface area contributed by atoms with Gasteiger partial charge >= 0.3 is 12.2 Å². The summed E-state index contributed by atoms with van der Waals surface area (Å²) in [4.78, 5) is 16.9. The number of halogens is 3. The number of amides is 1. The number of carbonyl (C=O) groups is 1. The van der Waals surface area contributed by atoms with Crippen LogP contribution in [0.4, 0.5) is 18.9 Å². The lowest BCUT2D eigenvalue weighted by Crippen LogP contribution is -2.11. The minimum Gasteiger partial charge on any atom is -0.462 e. The number of hydrogen-bond acceptors (Lipinski definition) is 4. The van der Waals surface area contributed by atoms with Crippen molar-refractivity contribution >= 4 is 11.6 Å². The second kappa shape index (κ2) is 10.2. The Morgan fingerprint density at radius 3 is 2.19 bits per heavy atom. The Kier molecular flexibility index (Phi) is 7.10. The number of benzene rings is 3. The summed E-state index contributed by atoms with van der Waals surface area (Å²) in [7, 11) is 0. The highest BCUT2D eigenvalue weighted by Crippen LogP contribution is 2.31. The van der Waals surface area contributed by atoms with Crippen molar-refractivity contribution in [1.82, 2.24) is 14.8 Å². The molecule has 0 saturated carbocycles. The smallest absolute Gasteiger partial charge is 0.416 e. The highest BCUT2D eigenvalue weighted by molar-refractivity contribution is 6.04. The van der Waals surface area contributed by atoms with Crippen molar-refractivity contribution in [3.8, 4) is 23.1 Å². The van der Waals surface area contributed by atoms with Gasteiger partial charge in [0.05, 0.1) is 17.9 Å². The van der Waals surface area contributed by atoms with E-state index in [4.69, 9.17) is 4.74 Å². The van der Waals surface area contributed by atoms with Crippen molar-refractivity contribution in [2.45, 2.75) is 26.9 Å². The average Bonchev–Trinajstić information content (AvgIpc) is 3.27. The van der Waals surface area contributed by atoms with E-state index in [0.29, 0.717) is 34.9 Å². The van der Waals surface area contributed by atoms with Crippen LogP contribution < -0.4 is 10.1 Å². The molecule has 0 aliphatic carbocycles. The van der Waals surface area contributed by atoms with Crippen molar-refractivity contribution < 1.29 is 22.7 Å². The van der Waals surface area contributed by atoms with E-state index < -0.39 is 11.7 Å². The van der Waals surface area contributed by atoms with Crippen molar-refractivity contribution in [3.63, 3.8) is 0 Å². The fourth-order valence-electron chi connectivity index (χ4n) is 3.36. The molecule has 0 saturated heterocycles. The van der Waals surface area contributed by atoms with E-state index in [0.717, 1.165) is 17.7 Å². The summed E-state index contributed by atoms with van der Waals surface area (Å²) < 4.78 is 46.2. The highest BCUT2D eigenvalue weighted by atomic mass is 19.4. The third-order valence-electron chi connectivity index (χ3n) is 5.29. The van der Waals surface area contributed by atoms with Crippen LogP contribution in [0.1, 0.15) is 35.3 Å². The van der Waals surface area contributed by atoms with Crippen molar-refractivity contribution in [2.75, 3.05) is 11.9 Å². The van der Waals surface area contributed by atoms with Crippen LogP contribution in [0, 0.1) is 12.8 Å². The van der Waals surface area contributed by atoms with Crippen LogP contribution in [0.3, 0.4) is 0 Å². The van der Waals surface area contributed by atoms with Crippen LogP contribution in [-0.4, -0.2) is 27.3 Å². The molecule has 0 atom stereocenters. The summed E-state index contributed by atoms with van der Waals surface area (Å²) in [6.45, 7) is 6.30. The van der Waals surface area contributed by atoms with Crippen molar-refractivity contribution in [1.29, 1.82) is 0 Å². The summed E-state index contributed by atoms with van der Waals surface area (Å²) in [6, 6.07) is 19.0. The van der Waals surface area contributed by atoms with E-state index in [1.807, 2.05) is 32.9 Å². The fourth-order valence-corrected chi connectivity index (χ4v) is 3.36. The number of aryl methyl sites for hydroxylation is 1. The summed E-state index contributed by atoms with van der Waals surface area (Å²) in [5.74, 6) is 0.333. The van der Waals surface area contributed by atoms with Gasteiger partial charge in [-0.2, -0.15) is 18.2 Å². The Balaban J connectivity index is 1.61. The van der Waals surface area contributed by atoms with Gasteiger partial charge in [-0.1, -0.05) is 43.7 Å². The molecule has 36 heavy (non-hydrogen) atoms. The lowest BCUT2D eigenvalue weighted by Gasteiger charge is -2.10. The zero-order chi connectivity index (χ0) is 25.9. The van der Waals surface area contributed by atoms with Crippen LogP contribution in [-0.2, 0) is 6.18 Å². The molecule has 0 unspecified atom stereocenters. The molecule has 0 fully saturated rings. The van der Waals surface area contributed by atoms with Crippen LogP contribution in [0.15, 0.2) is 72.8 Å². The minimum absolute atomic E-state index is 0.121. The zero-order valence-electron chi connectivity index (χ0n) is 20.0. The molecule has 3 aromatic carbocycles. The molecule has 1 aromatic heterocycles. The van der Waals surface area contributed by atoms with E-state index in [1.54, 1.807) is 36.4 Å². The largest absolute Gasteiger partial charge is 0.462 e. The molecule has 9 heteroatoms. The molecule has 4 aromatic rings. The number of ether oxygens (including phenoxy) is 1. The number of nitrogens with zero attached hydrogens (tertiary/aromatic N) is 3. The lowest BCUT2D eigenvalue weighted by molar-refractivity contribution is -0.137. The Labute approximate surface area is 206 Å². The molecule has 0 aliphatic heterocycles. The molecule has 1 N–H and O–H groups in total. The first kappa shape index (κ1) is 25.0. The van der Waals surface area contributed by atoms with Gasteiger partial charge in [0, 0.05) is 16.8 Å². The molecule has 0 spiro atoms. The van der Waals surface area contributed by atoms with Gasteiger partial charge in [-0.3, -0.25) is 4.79 Å². The van der Waals surface area contributed by atoms with Gasteiger partial charge in [-0.25, -0.2) is 4.68 Å². The van der Waals surface area contributed by atoms with E-state index in [-0.39, 0.29) is 17.8 Å². The van der Waals surface area contributed by atoms with Gasteiger partial charge in [0.2, 0.25) is 0 Å². The van der Waals surface area contributed by atoms with Crippen LogP contribution in [0.2, 0.25) is 0 Å². The maximum absolute atomic E-state index is 13.0. The first-order chi connectivity index (χ1) is 17.1. The van der Waals surface area contributed by atoms with E-state index in [1.165, 1.54) is 16.8 Å². The quantitative estimate of drug-likeness (QED) is 0.316.